The van der Waals surface area contributed by atoms with Crippen molar-refractivity contribution in [2.75, 3.05) is 6.54 Å². The summed E-state index contributed by atoms with van der Waals surface area (Å²) in [5, 5.41) is 9.27. The highest BCUT2D eigenvalue weighted by molar-refractivity contribution is 6.36. The standard InChI is InChI=1S/C16H21Cl2N3/c1-3-7-19-13(8-12-10-20-21(2)11-12)9-14-15(17)5-4-6-16(14)18/h4-6,10-11,13,19H,3,7-9H2,1-2H3. The molecule has 2 aromatic rings. The van der Waals surface area contributed by atoms with Crippen LogP contribution in [-0.4, -0.2) is 22.4 Å². The van der Waals surface area contributed by atoms with Crippen LogP contribution in [0.1, 0.15) is 24.5 Å². The largest absolute Gasteiger partial charge is 0.313 e. The minimum Gasteiger partial charge on any atom is -0.313 e. The normalized spacial score (nSPS) is 12.6. The topological polar surface area (TPSA) is 29.9 Å². The van der Waals surface area contributed by atoms with Crippen LogP contribution >= 0.6 is 23.2 Å². The molecule has 1 heterocycles. The van der Waals surface area contributed by atoms with Gasteiger partial charge in [0.1, 0.15) is 0 Å². The Morgan fingerprint density at radius 2 is 1.95 bits per heavy atom. The maximum atomic E-state index is 6.29. The van der Waals surface area contributed by atoms with E-state index in [-0.39, 0.29) is 0 Å². The van der Waals surface area contributed by atoms with Gasteiger partial charge in [-0.1, -0.05) is 36.2 Å². The Morgan fingerprint density at radius 3 is 2.52 bits per heavy atom. The van der Waals surface area contributed by atoms with Gasteiger partial charge in [0.25, 0.3) is 0 Å². The summed E-state index contributed by atoms with van der Waals surface area (Å²) < 4.78 is 1.83. The fourth-order valence-corrected chi connectivity index (χ4v) is 2.95. The highest BCUT2D eigenvalue weighted by atomic mass is 35.5. The molecular weight excluding hydrogens is 305 g/mol. The van der Waals surface area contributed by atoms with E-state index in [9.17, 15) is 0 Å². The molecule has 1 aromatic carbocycles. The first kappa shape index (κ1) is 16.3. The summed E-state index contributed by atoms with van der Waals surface area (Å²) in [5.41, 5.74) is 2.23. The Bertz CT molecular complexity index is 560. The van der Waals surface area contributed by atoms with E-state index in [0.29, 0.717) is 6.04 Å². The number of nitrogens with zero attached hydrogens (tertiary/aromatic N) is 2. The number of aromatic nitrogens is 2. The van der Waals surface area contributed by atoms with Gasteiger partial charge in [-0.15, -0.1) is 0 Å². The van der Waals surface area contributed by atoms with Crippen LogP contribution in [0.4, 0.5) is 0 Å². The summed E-state index contributed by atoms with van der Waals surface area (Å²) in [5.74, 6) is 0. The molecule has 0 saturated heterocycles. The lowest BCUT2D eigenvalue weighted by Gasteiger charge is -2.19. The van der Waals surface area contributed by atoms with Crippen molar-refractivity contribution < 1.29 is 0 Å². The predicted octanol–water partition coefficient (Wildman–Crippen LogP) is 3.88. The first-order valence-electron chi connectivity index (χ1n) is 7.24. The Kier molecular flexibility index (Phi) is 6.09. The van der Waals surface area contributed by atoms with Crippen LogP contribution in [0.5, 0.6) is 0 Å². The van der Waals surface area contributed by atoms with E-state index in [4.69, 9.17) is 23.2 Å². The van der Waals surface area contributed by atoms with Crippen molar-refractivity contribution in [3.05, 3.63) is 51.8 Å². The molecule has 0 aliphatic carbocycles. The Morgan fingerprint density at radius 1 is 1.24 bits per heavy atom. The first-order chi connectivity index (χ1) is 10.1. The van der Waals surface area contributed by atoms with Crippen molar-refractivity contribution in [3.63, 3.8) is 0 Å². The second-order valence-electron chi connectivity index (χ2n) is 5.28. The number of halogens is 2. The van der Waals surface area contributed by atoms with Crippen molar-refractivity contribution in [3.8, 4) is 0 Å². The molecule has 21 heavy (non-hydrogen) atoms. The van der Waals surface area contributed by atoms with Gasteiger partial charge in [0.2, 0.25) is 0 Å². The monoisotopic (exact) mass is 325 g/mol. The van der Waals surface area contributed by atoms with E-state index in [1.807, 2.05) is 36.1 Å². The Balaban J connectivity index is 2.12. The summed E-state index contributed by atoms with van der Waals surface area (Å²) >= 11 is 12.6. The summed E-state index contributed by atoms with van der Waals surface area (Å²) in [6, 6.07) is 5.96. The van der Waals surface area contributed by atoms with Crippen LogP contribution in [0.3, 0.4) is 0 Å². The molecule has 0 aliphatic rings. The third-order valence-corrected chi connectivity index (χ3v) is 4.14. The Labute approximate surface area is 136 Å². The molecule has 1 unspecified atom stereocenters. The van der Waals surface area contributed by atoms with Crippen molar-refractivity contribution >= 4 is 23.2 Å². The number of hydrogen-bond donors (Lipinski definition) is 1. The zero-order chi connectivity index (χ0) is 15.2. The lowest BCUT2D eigenvalue weighted by molar-refractivity contribution is 0.504. The number of benzene rings is 1. The highest BCUT2D eigenvalue weighted by Gasteiger charge is 2.15. The van der Waals surface area contributed by atoms with Gasteiger partial charge in [-0.3, -0.25) is 4.68 Å². The summed E-state index contributed by atoms with van der Waals surface area (Å²) in [7, 11) is 1.93. The minimum absolute atomic E-state index is 0.298. The van der Waals surface area contributed by atoms with Crippen LogP contribution in [0.2, 0.25) is 10.0 Å². The molecule has 114 valence electrons. The van der Waals surface area contributed by atoms with E-state index in [1.165, 1.54) is 5.56 Å². The van der Waals surface area contributed by atoms with Crippen LogP contribution in [0, 0.1) is 0 Å². The molecular formula is C16H21Cl2N3. The number of rotatable bonds is 7. The van der Waals surface area contributed by atoms with Crippen LogP contribution in [0.25, 0.3) is 0 Å². The molecule has 1 atom stereocenters. The highest BCUT2D eigenvalue weighted by Crippen LogP contribution is 2.26. The smallest absolute Gasteiger partial charge is 0.0522 e. The molecule has 1 N–H and O–H groups in total. The van der Waals surface area contributed by atoms with Gasteiger partial charge in [-0.2, -0.15) is 5.10 Å². The number of nitrogens with one attached hydrogen (secondary N) is 1. The number of aryl methyl sites for hydroxylation is 1. The molecule has 0 saturated carbocycles. The van der Waals surface area contributed by atoms with E-state index in [1.54, 1.807) is 0 Å². The minimum atomic E-state index is 0.298. The van der Waals surface area contributed by atoms with Gasteiger partial charge in [0.15, 0.2) is 0 Å². The third-order valence-electron chi connectivity index (χ3n) is 3.44. The van der Waals surface area contributed by atoms with Crippen LogP contribution in [0.15, 0.2) is 30.6 Å². The van der Waals surface area contributed by atoms with Gasteiger partial charge in [-0.25, -0.2) is 0 Å². The molecule has 2 rings (SSSR count). The van der Waals surface area contributed by atoms with Crippen LogP contribution in [-0.2, 0) is 19.9 Å². The molecule has 0 radical (unpaired) electrons. The summed E-state index contributed by atoms with van der Waals surface area (Å²) in [6.07, 6.45) is 6.78. The fourth-order valence-electron chi connectivity index (χ4n) is 2.40. The molecule has 3 nitrogen and oxygen atoms in total. The summed E-state index contributed by atoms with van der Waals surface area (Å²) in [4.78, 5) is 0. The van der Waals surface area contributed by atoms with Crippen LogP contribution < -0.4 is 5.32 Å². The second-order valence-corrected chi connectivity index (χ2v) is 6.10. The lowest BCUT2D eigenvalue weighted by Crippen LogP contribution is -2.34. The van der Waals surface area contributed by atoms with Crippen molar-refractivity contribution in [1.82, 2.24) is 15.1 Å². The zero-order valence-corrected chi connectivity index (χ0v) is 14.0. The predicted molar refractivity (Wildman–Crippen MR) is 89.2 cm³/mol. The maximum Gasteiger partial charge on any atom is 0.0522 e. The molecule has 0 spiro atoms. The molecule has 1 aromatic heterocycles. The third kappa shape index (κ3) is 4.73. The first-order valence-corrected chi connectivity index (χ1v) is 7.99. The van der Waals surface area contributed by atoms with E-state index in [0.717, 1.165) is 41.4 Å². The SMILES string of the molecule is CCCNC(Cc1cnn(C)c1)Cc1c(Cl)cccc1Cl. The quantitative estimate of drug-likeness (QED) is 0.837. The van der Waals surface area contributed by atoms with Crippen molar-refractivity contribution in [2.45, 2.75) is 32.2 Å². The summed E-state index contributed by atoms with van der Waals surface area (Å²) in [6.45, 7) is 3.14. The molecule has 0 amide bonds. The van der Waals surface area contributed by atoms with Gasteiger partial charge in [0, 0.05) is 29.3 Å². The van der Waals surface area contributed by atoms with E-state index >= 15 is 0 Å². The molecule has 0 aliphatic heterocycles. The van der Waals surface area contributed by atoms with Crippen molar-refractivity contribution in [1.29, 1.82) is 0 Å². The van der Waals surface area contributed by atoms with Gasteiger partial charge < -0.3 is 5.32 Å². The van der Waals surface area contributed by atoms with Gasteiger partial charge >= 0.3 is 0 Å². The van der Waals surface area contributed by atoms with E-state index in [2.05, 4.69) is 23.5 Å². The zero-order valence-electron chi connectivity index (χ0n) is 12.4. The average molecular weight is 326 g/mol. The molecule has 0 fully saturated rings. The fraction of sp³-hybridized carbons (Fsp3) is 0.438. The van der Waals surface area contributed by atoms with Crippen molar-refractivity contribution in [2.24, 2.45) is 7.05 Å². The Hall–Kier alpha value is -1.03. The molecule has 0 bridgehead atoms. The van der Waals surface area contributed by atoms with Gasteiger partial charge in [-0.05, 0) is 49.1 Å². The average Bonchev–Trinajstić information content (AvgIpc) is 2.85. The van der Waals surface area contributed by atoms with Gasteiger partial charge in [0.05, 0.1) is 6.20 Å². The maximum absolute atomic E-state index is 6.29. The second kappa shape index (κ2) is 7.83. The molecule has 5 heteroatoms. The number of hydrogen-bond acceptors (Lipinski definition) is 2. The van der Waals surface area contributed by atoms with E-state index < -0.39 is 0 Å². The lowest BCUT2D eigenvalue weighted by atomic mass is 10.0.